The molecule has 0 radical (unpaired) electrons. The molecule has 0 spiro atoms. The van der Waals surface area contributed by atoms with Crippen molar-refractivity contribution in [2.24, 2.45) is 41.4 Å². The van der Waals surface area contributed by atoms with Crippen LogP contribution in [-0.4, -0.2) is 18.8 Å². The summed E-state index contributed by atoms with van der Waals surface area (Å²) in [5, 5.41) is 11.0. The van der Waals surface area contributed by atoms with Crippen molar-refractivity contribution in [1.29, 1.82) is 0 Å². The Morgan fingerprint density at radius 1 is 1.07 bits per heavy atom. The van der Waals surface area contributed by atoms with Gasteiger partial charge >= 0.3 is 0 Å². The lowest BCUT2D eigenvalue weighted by molar-refractivity contribution is -0.0514. The Hall–Kier alpha value is 1.40. The van der Waals surface area contributed by atoms with Gasteiger partial charge in [0.25, 0.3) is 0 Å². The molecular formula is C11H11Br3O. The largest absolute Gasteiger partial charge is 0.388 e. The Bertz CT molecular complexity index is 395. The molecule has 9 atom stereocenters. The topological polar surface area (TPSA) is 20.2 Å². The van der Waals surface area contributed by atoms with Gasteiger partial charge in [0.2, 0.25) is 0 Å². The third-order valence-electron chi connectivity index (χ3n) is 6.34. The molecule has 1 N–H and O–H groups in total. The molecule has 6 bridgehead atoms. The smallest absolute Gasteiger partial charge is 0.0898 e. The monoisotopic (exact) mass is 396 g/mol. The van der Waals surface area contributed by atoms with Crippen molar-refractivity contribution >= 4 is 47.8 Å². The molecule has 0 heterocycles. The van der Waals surface area contributed by atoms with Crippen LogP contribution in [-0.2, 0) is 0 Å². The van der Waals surface area contributed by atoms with Crippen molar-refractivity contribution in [2.45, 2.75) is 20.1 Å². The Labute approximate surface area is 114 Å². The molecule has 0 aromatic carbocycles. The first-order valence-corrected chi connectivity index (χ1v) is 8.25. The van der Waals surface area contributed by atoms with Crippen LogP contribution in [0.15, 0.2) is 0 Å². The molecule has 4 heteroatoms. The summed E-state index contributed by atoms with van der Waals surface area (Å²) in [4.78, 5) is 0.363. The van der Waals surface area contributed by atoms with Crippen LogP contribution >= 0.6 is 47.8 Å². The van der Waals surface area contributed by atoms with E-state index in [0.29, 0.717) is 22.6 Å². The summed E-state index contributed by atoms with van der Waals surface area (Å²) in [5.41, 5.74) is -0.412. The highest BCUT2D eigenvalue weighted by atomic mass is 79.9. The number of hydrogen-bond acceptors (Lipinski definition) is 1. The lowest BCUT2D eigenvalue weighted by atomic mass is 9.69. The number of hydrogen-bond donors (Lipinski definition) is 1. The molecule has 6 aliphatic rings. The van der Waals surface area contributed by atoms with E-state index in [4.69, 9.17) is 0 Å². The Kier molecular flexibility index (Phi) is 1.35. The van der Waals surface area contributed by atoms with Crippen molar-refractivity contribution in [3.8, 4) is 0 Å². The van der Waals surface area contributed by atoms with Gasteiger partial charge in [-0.3, -0.25) is 0 Å². The van der Waals surface area contributed by atoms with Gasteiger partial charge < -0.3 is 5.11 Å². The lowest BCUT2D eigenvalue weighted by Gasteiger charge is -2.38. The second-order valence-electron chi connectivity index (χ2n) is 6.21. The van der Waals surface area contributed by atoms with Crippen LogP contribution in [0.5, 0.6) is 0 Å². The van der Waals surface area contributed by atoms with E-state index in [-0.39, 0.29) is 3.23 Å². The molecule has 6 rings (SSSR count). The van der Waals surface area contributed by atoms with E-state index in [9.17, 15) is 5.11 Å². The van der Waals surface area contributed by atoms with E-state index in [0.717, 1.165) is 23.7 Å². The summed E-state index contributed by atoms with van der Waals surface area (Å²) >= 11 is 11.6. The minimum absolute atomic E-state index is 0.0424. The summed E-state index contributed by atoms with van der Waals surface area (Å²) in [6.07, 6.45) is 1.38. The van der Waals surface area contributed by atoms with E-state index >= 15 is 0 Å². The quantitative estimate of drug-likeness (QED) is 0.622. The van der Waals surface area contributed by atoms with Gasteiger partial charge in [-0.1, -0.05) is 47.8 Å². The van der Waals surface area contributed by atoms with Crippen molar-refractivity contribution in [2.75, 3.05) is 0 Å². The molecule has 6 saturated carbocycles. The van der Waals surface area contributed by atoms with Gasteiger partial charge in [-0.25, -0.2) is 0 Å². The first-order valence-electron chi connectivity index (χ1n) is 5.75. The fourth-order valence-electron chi connectivity index (χ4n) is 6.49. The number of alkyl halides is 3. The predicted molar refractivity (Wildman–Crippen MR) is 67.3 cm³/mol. The van der Waals surface area contributed by atoms with Gasteiger partial charge in [0.05, 0.1) is 8.83 Å². The van der Waals surface area contributed by atoms with E-state index < -0.39 is 5.60 Å². The van der Waals surface area contributed by atoms with Crippen molar-refractivity contribution in [3.05, 3.63) is 0 Å². The average molecular weight is 399 g/mol. The molecule has 0 aromatic rings. The molecule has 0 unspecified atom stereocenters. The van der Waals surface area contributed by atoms with Crippen LogP contribution in [0.2, 0.25) is 0 Å². The van der Waals surface area contributed by atoms with Crippen molar-refractivity contribution < 1.29 is 5.11 Å². The third kappa shape index (κ3) is 0.609. The van der Waals surface area contributed by atoms with E-state index in [2.05, 4.69) is 47.8 Å². The van der Waals surface area contributed by atoms with Crippen LogP contribution in [0.3, 0.4) is 0 Å². The van der Waals surface area contributed by atoms with Crippen LogP contribution in [0.4, 0.5) is 0 Å². The molecule has 6 aliphatic carbocycles. The zero-order chi connectivity index (χ0) is 10.3. The standard InChI is InChI=1S/C11H11Br3O/c12-9-5-3-1-2-4(5)8-10(9,15)6(3)7(2)11(8,13)14/h2-9,15H,1H2/t2-,3+,4+,5-,6+,7+,8-,9+,10-/m0/s1. The van der Waals surface area contributed by atoms with Crippen molar-refractivity contribution in [3.63, 3.8) is 0 Å². The first-order chi connectivity index (χ1) is 7.00. The highest BCUT2D eigenvalue weighted by molar-refractivity contribution is 9.25. The zero-order valence-electron chi connectivity index (χ0n) is 7.91. The fourth-order valence-corrected chi connectivity index (χ4v) is 10.4. The van der Waals surface area contributed by atoms with E-state index in [1.165, 1.54) is 6.42 Å². The molecule has 82 valence electrons. The zero-order valence-corrected chi connectivity index (χ0v) is 12.7. The molecule has 0 saturated heterocycles. The summed E-state index contributed by atoms with van der Waals surface area (Å²) in [6, 6.07) is 0. The minimum Gasteiger partial charge on any atom is -0.388 e. The molecule has 0 amide bonds. The highest BCUT2D eigenvalue weighted by Gasteiger charge is 2.91. The molecule has 0 aliphatic heterocycles. The average Bonchev–Trinajstić information content (AvgIpc) is 2.81. The number of aliphatic hydroxyl groups is 1. The van der Waals surface area contributed by atoms with Crippen molar-refractivity contribution in [1.82, 2.24) is 0 Å². The highest BCUT2D eigenvalue weighted by Crippen LogP contribution is 2.89. The normalized spacial score (nSPS) is 79.2. The van der Waals surface area contributed by atoms with Crippen LogP contribution in [0, 0.1) is 41.4 Å². The van der Waals surface area contributed by atoms with Gasteiger partial charge in [0, 0.05) is 10.7 Å². The minimum atomic E-state index is -0.412. The molecule has 0 aromatic heterocycles. The summed E-state index contributed by atoms with van der Waals surface area (Å²) in [5.74, 6) is 4.93. The number of halogens is 3. The lowest BCUT2D eigenvalue weighted by Crippen LogP contribution is -2.46. The van der Waals surface area contributed by atoms with Gasteiger partial charge in [-0.05, 0) is 41.9 Å². The number of rotatable bonds is 0. The molecule has 1 nitrogen and oxygen atoms in total. The third-order valence-corrected chi connectivity index (χ3v) is 9.73. The van der Waals surface area contributed by atoms with Crippen LogP contribution in [0.25, 0.3) is 0 Å². The second-order valence-corrected chi connectivity index (χ2v) is 10.9. The summed E-state index contributed by atoms with van der Waals surface area (Å²) < 4.78 is 0.0424. The molecule has 6 fully saturated rings. The Balaban J connectivity index is 1.88. The fraction of sp³-hybridized carbons (Fsp3) is 1.00. The molecule has 15 heavy (non-hydrogen) atoms. The maximum absolute atomic E-state index is 11.0. The maximum atomic E-state index is 11.0. The van der Waals surface area contributed by atoms with Crippen LogP contribution in [0.1, 0.15) is 6.42 Å². The van der Waals surface area contributed by atoms with E-state index in [1.807, 2.05) is 0 Å². The SMILES string of the molecule is O[C@]12[C@@H]3[C@@H]4C[C@H]5[C@H]([C@H]4[C@H]1Br)[C@@H]2C(Br)(Br)[C@H]53. The van der Waals surface area contributed by atoms with Gasteiger partial charge in [0.15, 0.2) is 0 Å². The van der Waals surface area contributed by atoms with Gasteiger partial charge in [0.1, 0.15) is 0 Å². The maximum Gasteiger partial charge on any atom is 0.0898 e. The summed E-state index contributed by atoms with van der Waals surface area (Å²) in [6.45, 7) is 0. The second kappa shape index (κ2) is 2.17. The van der Waals surface area contributed by atoms with Crippen LogP contribution < -0.4 is 0 Å². The predicted octanol–water partition coefficient (Wildman–Crippen LogP) is 2.74. The van der Waals surface area contributed by atoms with Gasteiger partial charge in [-0.2, -0.15) is 0 Å². The Morgan fingerprint density at radius 3 is 2.40 bits per heavy atom. The molecular weight excluding hydrogens is 388 g/mol. The first kappa shape index (κ1) is 9.35. The Morgan fingerprint density at radius 2 is 1.73 bits per heavy atom. The van der Waals surface area contributed by atoms with Gasteiger partial charge in [-0.15, -0.1) is 0 Å². The van der Waals surface area contributed by atoms with E-state index in [1.54, 1.807) is 0 Å². The summed E-state index contributed by atoms with van der Waals surface area (Å²) in [7, 11) is 0.